The van der Waals surface area contributed by atoms with Gasteiger partial charge in [-0.3, -0.25) is 4.79 Å². The summed E-state index contributed by atoms with van der Waals surface area (Å²) in [5, 5.41) is 18.6. The molecular formula is C29H25NO7S. The van der Waals surface area contributed by atoms with E-state index in [1.54, 1.807) is 24.0 Å². The van der Waals surface area contributed by atoms with Crippen LogP contribution >= 0.6 is 11.3 Å². The Morgan fingerprint density at radius 2 is 1.58 bits per heavy atom. The van der Waals surface area contributed by atoms with Gasteiger partial charge in [0.15, 0.2) is 11.5 Å². The molecule has 2 N–H and O–H groups in total. The van der Waals surface area contributed by atoms with Gasteiger partial charge in [-0.25, -0.2) is 9.59 Å². The smallest absolute Gasteiger partial charge is 0.349 e. The molecule has 9 heteroatoms. The van der Waals surface area contributed by atoms with E-state index in [2.05, 4.69) is 0 Å². The quantitative estimate of drug-likeness (QED) is 0.249. The standard InChI is InChI=1S/C29H25NO7S/c1-18-26(36-17-25(32)33)28(29(34)35)38-27(18)21-8-6-7-20(15-21)16-30(19(2)31)22-11-13-24(14-12-22)37-23-9-4-3-5-10-23/h3-15H,16-17H2,1-2H3,(H,32,33)(H,34,35). The molecule has 0 atom stereocenters. The maximum absolute atomic E-state index is 12.6. The summed E-state index contributed by atoms with van der Waals surface area (Å²) in [5.74, 6) is -1.12. The van der Waals surface area contributed by atoms with Gasteiger partial charge in [0, 0.05) is 23.1 Å². The van der Waals surface area contributed by atoms with Crippen LogP contribution in [0.4, 0.5) is 5.69 Å². The number of aliphatic carboxylic acids is 1. The molecule has 0 aliphatic rings. The second-order valence-electron chi connectivity index (χ2n) is 8.42. The zero-order valence-corrected chi connectivity index (χ0v) is 21.5. The predicted molar refractivity (Wildman–Crippen MR) is 144 cm³/mol. The largest absolute Gasteiger partial charge is 0.480 e. The molecule has 0 spiro atoms. The number of carboxylic acids is 2. The zero-order valence-electron chi connectivity index (χ0n) is 20.7. The maximum atomic E-state index is 12.6. The first-order chi connectivity index (χ1) is 18.2. The Morgan fingerprint density at radius 1 is 0.895 bits per heavy atom. The van der Waals surface area contributed by atoms with E-state index in [1.807, 2.05) is 66.7 Å². The van der Waals surface area contributed by atoms with Gasteiger partial charge in [-0.15, -0.1) is 11.3 Å². The molecule has 1 amide bonds. The molecule has 0 unspecified atom stereocenters. The van der Waals surface area contributed by atoms with Crippen molar-refractivity contribution in [3.8, 4) is 27.7 Å². The van der Waals surface area contributed by atoms with Crippen LogP contribution in [0.15, 0.2) is 78.9 Å². The molecule has 4 rings (SSSR count). The number of aromatic carboxylic acids is 1. The SMILES string of the molecule is CC(=O)N(Cc1cccc(-c2sc(C(=O)O)c(OCC(=O)O)c2C)c1)c1ccc(Oc2ccccc2)cc1. The van der Waals surface area contributed by atoms with Crippen molar-refractivity contribution in [3.63, 3.8) is 0 Å². The van der Waals surface area contributed by atoms with Crippen molar-refractivity contribution in [2.75, 3.05) is 11.5 Å². The minimum absolute atomic E-state index is 0.0495. The van der Waals surface area contributed by atoms with Crippen LogP contribution in [0.25, 0.3) is 10.4 Å². The number of carbonyl (C=O) groups excluding carboxylic acids is 1. The zero-order chi connectivity index (χ0) is 27.2. The summed E-state index contributed by atoms with van der Waals surface area (Å²) in [6, 6.07) is 24.1. The Labute approximate surface area is 223 Å². The molecule has 0 radical (unpaired) electrons. The maximum Gasteiger partial charge on any atom is 0.349 e. The van der Waals surface area contributed by atoms with Gasteiger partial charge in [0.1, 0.15) is 17.2 Å². The molecule has 38 heavy (non-hydrogen) atoms. The summed E-state index contributed by atoms with van der Waals surface area (Å²) in [6.45, 7) is 2.84. The number of carboxylic acid groups (broad SMARTS) is 2. The first-order valence-corrected chi connectivity index (χ1v) is 12.5. The van der Waals surface area contributed by atoms with Crippen molar-refractivity contribution in [1.29, 1.82) is 0 Å². The molecule has 194 valence electrons. The summed E-state index contributed by atoms with van der Waals surface area (Å²) < 4.78 is 11.1. The first kappa shape index (κ1) is 26.4. The molecule has 0 saturated carbocycles. The second kappa shape index (κ2) is 11.6. The Hall–Kier alpha value is -4.63. The van der Waals surface area contributed by atoms with Crippen LogP contribution in [0.1, 0.15) is 27.7 Å². The minimum Gasteiger partial charge on any atom is -0.480 e. The van der Waals surface area contributed by atoms with Crippen molar-refractivity contribution in [2.45, 2.75) is 20.4 Å². The third-order valence-corrected chi connectivity index (χ3v) is 6.97. The van der Waals surface area contributed by atoms with Crippen molar-refractivity contribution in [1.82, 2.24) is 0 Å². The number of hydrogen-bond acceptors (Lipinski definition) is 6. The van der Waals surface area contributed by atoms with Crippen LogP contribution in [-0.2, 0) is 16.1 Å². The third-order valence-electron chi connectivity index (χ3n) is 5.66. The average Bonchev–Trinajstić information content (AvgIpc) is 3.23. The van der Waals surface area contributed by atoms with Gasteiger partial charge < -0.3 is 24.6 Å². The third kappa shape index (κ3) is 6.19. The van der Waals surface area contributed by atoms with E-state index in [0.29, 0.717) is 34.2 Å². The lowest BCUT2D eigenvalue weighted by Gasteiger charge is -2.22. The van der Waals surface area contributed by atoms with E-state index in [1.165, 1.54) is 6.92 Å². The minimum atomic E-state index is -1.19. The molecule has 0 saturated heterocycles. The Balaban J connectivity index is 1.57. The highest BCUT2D eigenvalue weighted by Gasteiger charge is 2.23. The fourth-order valence-electron chi connectivity index (χ4n) is 3.92. The average molecular weight is 532 g/mol. The molecule has 8 nitrogen and oxygen atoms in total. The van der Waals surface area contributed by atoms with E-state index >= 15 is 0 Å². The van der Waals surface area contributed by atoms with E-state index in [-0.39, 0.29) is 16.5 Å². The summed E-state index contributed by atoms with van der Waals surface area (Å²) in [7, 11) is 0. The number of benzene rings is 3. The molecule has 3 aromatic carbocycles. The number of thiophene rings is 1. The van der Waals surface area contributed by atoms with E-state index < -0.39 is 18.5 Å². The Bertz CT molecular complexity index is 1460. The van der Waals surface area contributed by atoms with Crippen LogP contribution in [-0.4, -0.2) is 34.7 Å². The first-order valence-electron chi connectivity index (χ1n) is 11.6. The van der Waals surface area contributed by atoms with Crippen molar-refractivity contribution >= 4 is 34.9 Å². The lowest BCUT2D eigenvalue weighted by atomic mass is 10.1. The highest BCUT2D eigenvalue weighted by molar-refractivity contribution is 7.18. The monoisotopic (exact) mass is 531 g/mol. The van der Waals surface area contributed by atoms with Crippen LogP contribution in [0, 0.1) is 6.92 Å². The van der Waals surface area contributed by atoms with Crippen LogP contribution in [0.3, 0.4) is 0 Å². The van der Waals surface area contributed by atoms with Gasteiger partial charge in [0.25, 0.3) is 0 Å². The number of amides is 1. The van der Waals surface area contributed by atoms with Crippen LogP contribution < -0.4 is 14.4 Å². The van der Waals surface area contributed by atoms with Crippen molar-refractivity contribution < 1.29 is 34.1 Å². The number of rotatable bonds is 10. The molecule has 0 bridgehead atoms. The normalized spacial score (nSPS) is 10.6. The van der Waals surface area contributed by atoms with Gasteiger partial charge >= 0.3 is 11.9 Å². The summed E-state index contributed by atoms with van der Waals surface area (Å²) in [4.78, 5) is 37.5. The molecule has 4 aromatic rings. The fraction of sp³-hybridized carbons (Fsp3) is 0.138. The number of ether oxygens (including phenoxy) is 2. The van der Waals surface area contributed by atoms with Gasteiger partial charge in [-0.1, -0.05) is 36.4 Å². The number of nitrogens with zero attached hydrogens (tertiary/aromatic N) is 1. The summed E-state index contributed by atoms with van der Waals surface area (Å²) >= 11 is 1.02. The van der Waals surface area contributed by atoms with Crippen molar-refractivity contribution in [3.05, 3.63) is 94.9 Å². The van der Waals surface area contributed by atoms with E-state index in [9.17, 15) is 19.5 Å². The Morgan fingerprint density at radius 3 is 2.21 bits per heavy atom. The molecule has 0 aliphatic heterocycles. The molecule has 0 aliphatic carbocycles. The number of para-hydroxylation sites is 1. The topological polar surface area (TPSA) is 113 Å². The number of carbonyl (C=O) groups is 3. The predicted octanol–water partition coefficient (Wildman–Crippen LogP) is 6.23. The van der Waals surface area contributed by atoms with E-state index in [0.717, 1.165) is 22.5 Å². The molecular weight excluding hydrogens is 506 g/mol. The van der Waals surface area contributed by atoms with Gasteiger partial charge in [0.05, 0.1) is 6.54 Å². The highest BCUT2D eigenvalue weighted by atomic mass is 32.1. The van der Waals surface area contributed by atoms with Crippen LogP contribution in [0.2, 0.25) is 0 Å². The van der Waals surface area contributed by atoms with Gasteiger partial charge in [-0.05, 0) is 60.5 Å². The van der Waals surface area contributed by atoms with Crippen molar-refractivity contribution in [2.24, 2.45) is 0 Å². The number of anilines is 1. The molecule has 1 aromatic heterocycles. The fourth-order valence-corrected chi connectivity index (χ4v) is 5.01. The number of hydrogen-bond donors (Lipinski definition) is 2. The molecule has 0 fully saturated rings. The summed E-state index contributed by atoms with van der Waals surface area (Å²) in [6.07, 6.45) is 0. The van der Waals surface area contributed by atoms with Gasteiger partial charge in [0.2, 0.25) is 5.91 Å². The molecule has 1 heterocycles. The van der Waals surface area contributed by atoms with E-state index in [4.69, 9.17) is 14.6 Å². The second-order valence-corrected chi connectivity index (χ2v) is 9.44. The highest BCUT2D eigenvalue weighted by Crippen LogP contribution is 2.41. The lowest BCUT2D eigenvalue weighted by molar-refractivity contribution is -0.139. The van der Waals surface area contributed by atoms with Gasteiger partial charge in [-0.2, -0.15) is 0 Å². The lowest BCUT2D eigenvalue weighted by Crippen LogP contribution is -2.27. The Kier molecular flexibility index (Phi) is 8.08. The van der Waals surface area contributed by atoms with Crippen LogP contribution in [0.5, 0.6) is 17.2 Å². The summed E-state index contributed by atoms with van der Waals surface area (Å²) in [5.41, 5.74) is 2.82.